The fourth-order valence-electron chi connectivity index (χ4n) is 1.27. The van der Waals surface area contributed by atoms with Crippen LogP contribution in [-0.2, 0) is 6.54 Å². The summed E-state index contributed by atoms with van der Waals surface area (Å²) in [4.78, 5) is 8.14. The summed E-state index contributed by atoms with van der Waals surface area (Å²) >= 11 is 0. The van der Waals surface area contributed by atoms with E-state index in [1.54, 1.807) is 18.6 Å². The first-order chi connectivity index (χ1) is 7.38. The van der Waals surface area contributed by atoms with E-state index in [0.29, 0.717) is 6.54 Å². The van der Waals surface area contributed by atoms with Gasteiger partial charge in [-0.1, -0.05) is 0 Å². The number of pyridine rings is 2. The Morgan fingerprint density at radius 2 is 2.13 bits per heavy atom. The van der Waals surface area contributed by atoms with Gasteiger partial charge in [-0.2, -0.15) is 0 Å². The SMILES string of the molecule is NCc1cc(Nc2cccnc2)ccn1. The van der Waals surface area contributed by atoms with Gasteiger partial charge in [0, 0.05) is 24.6 Å². The van der Waals surface area contributed by atoms with Gasteiger partial charge in [-0.3, -0.25) is 9.97 Å². The Morgan fingerprint density at radius 1 is 1.20 bits per heavy atom. The first-order valence-electron chi connectivity index (χ1n) is 4.70. The van der Waals surface area contributed by atoms with Gasteiger partial charge in [0.15, 0.2) is 0 Å². The largest absolute Gasteiger partial charge is 0.354 e. The molecule has 3 N–H and O–H groups in total. The summed E-state index contributed by atoms with van der Waals surface area (Å²) in [5, 5.41) is 3.22. The maximum atomic E-state index is 5.51. The lowest BCUT2D eigenvalue weighted by Crippen LogP contribution is -2.00. The molecule has 0 unspecified atom stereocenters. The first-order valence-corrected chi connectivity index (χ1v) is 4.70. The number of nitrogens with one attached hydrogen (secondary N) is 1. The molecular weight excluding hydrogens is 188 g/mol. The van der Waals surface area contributed by atoms with Crippen molar-refractivity contribution in [2.24, 2.45) is 5.73 Å². The van der Waals surface area contributed by atoms with Crippen molar-refractivity contribution in [1.82, 2.24) is 9.97 Å². The average Bonchev–Trinajstić information content (AvgIpc) is 2.31. The van der Waals surface area contributed by atoms with E-state index in [2.05, 4.69) is 15.3 Å². The zero-order chi connectivity index (χ0) is 10.5. The predicted molar refractivity (Wildman–Crippen MR) is 59.6 cm³/mol. The minimum absolute atomic E-state index is 0.447. The summed E-state index contributed by atoms with van der Waals surface area (Å²) < 4.78 is 0. The van der Waals surface area contributed by atoms with Gasteiger partial charge in [-0.15, -0.1) is 0 Å². The second-order valence-corrected chi connectivity index (χ2v) is 3.11. The van der Waals surface area contributed by atoms with Crippen LogP contribution in [0.25, 0.3) is 0 Å². The highest BCUT2D eigenvalue weighted by atomic mass is 14.9. The fraction of sp³-hybridized carbons (Fsp3) is 0.0909. The van der Waals surface area contributed by atoms with Crippen LogP contribution in [0.2, 0.25) is 0 Å². The highest BCUT2D eigenvalue weighted by Crippen LogP contribution is 2.14. The molecule has 0 bridgehead atoms. The van der Waals surface area contributed by atoms with E-state index >= 15 is 0 Å². The topological polar surface area (TPSA) is 63.8 Å². The molecule has 0 aromatic carbocycles. The van der Waals surface area contributed by atoms with E-state index in [1.165, 1.54) is 0 Å². The molecule has 0 atom stereocenters. The summed E-state index contributed by atoms with van der Waals surface area (Å²) in [5.41, 5.74) is 8.30. The molecule has 0 spiro atoms. The fourth-order valence-corrected chi connectivity index (χ4v) is 1.27. The number of hydrogen-bond donors (Lipinski definition) is 2. The van der Waals surface area contributed by atoms with Crippen LogP contribution in [0, 0.1) is 0 Å². The van der Waals surface area contributed by atoms with Crippen LogP contribution in [0.5, 0.6) is 0 Å². The molecule has 0 aliphatic heterocycles. The lowest BCUT2D eigenvalue weighted by molar-refractivity contribution is 0.991. The second kappa shape index (κ2) is 4.52. The van der Waals surface area contributed by atoms with Crippen molar-refractivity contribution in [2.75, 3.05) is 5.32 Å². The van der Waals surface area contributed by atoms with Crippen LogP contribution in [0.1, 0.15) is 5.69 Å². The van der Waals surface area contributed by atoms with Gasteiger partial charge in [0.1, 0.15) is 0 Å². The maximum Gasteiger partial charge on any atom is 0.0570 e. The Kier molecular flexibility index (Phi) is 2.90. The number of aromatic nitrogens is 2. The van der Waals surface area contributed by atoms with E-state index < -0.39 is 0 Å². The van der Waals surface area contributed by atoms with Crippen LogP contribution in [-0.4, -0.2) is 9.97 Å². The molecule has 0 saturated heterocycles. The van der Waals surface area contributed by atoms with Crippen molar-refractivity contribution in [3.8, 4) is 0 Å². The number of nitrogens with two attached hydrogens (primary N) is 1. The summed E-state index contributed by atoms with van der Waals surface area (Å²) in [6.45, 7) is 0.447. The number of nitrogens with zero attached hydrogens (tertiary/aromatic N) is 2. The maximum absolute atomic E-state index is 5.51. The van der Waals surface area contributed by atoms with Gasteiger partial charge in [0.05, 0.1) is 17.6 Å². The van der Waals surface area contributed by atoms with Crippen LogP contribution in [0.3, 0.4) is 0 Å². The predicted octanol–water partition coefficient (Wildman–Crippen LogP) is 1.68. The smallest absolute Gasteiger partial charge is 0.0570 e. The molecular formula is C11H12N4. The van der Waals surface area contributed by atoms with Crippen molar-refractivity contribution in [3.63, 3.8) is 0 Å². The molecule has 0 amide bonds. The lowest BCUT2D eigenvalue weighted by atomic mass is 10.3. The van der Waals surface area contributed by atoms with Crippen LogP contribution in [0.15, 0.2) is 42.9 Å². The standard InChI is InChI=1S/C11H12N4/c12-7-11-6-9(3-5-14-11)15-10-2-1-4-13-8-10/h1-6,8H,7,12H2,(H,14,15). The molecule has 4 heteroatoms. The summed E-state index contributed by atoms with van der Waals surface area (Å²) in [6, 6.07) is 7.65. The van der Waals surface area contributed by atoms with E-state index in [4.69, 9.17) is 5.73 Å². The van der Waals surface area contributed by atoms with Crippen LogP contribution in [0.4, 0.5) is 11.4 Å². The number of rotatable bonds is 3. The van der Waals surface area contributed by atoms with Gasteiger partial charge in [0.25, 0.3) is 0 Å². The first kappa shape index (κ1) is 9.61. The molecule has 4 nitrogen and oxygen atoms in total. The Balaban J connectivity index is 2.17. The van der Waals surface area contributed by atoms with Crippen molar-refractivity contribution in [1.29, 1.82) is 0 Å². The zero-order valence-corrected chi connectivity index (χ0v) is 8.22. The second-order valence-electron chi connectivity index (χ2n) is 3.11. The molecule has 0 aliphatic rings. The van der Waals surface area contributed by atoms with Gasteiger partial charge >= 0.3 is 0 Å². The summed E-state index contributed by atoms with van der Waals surface area (Å²) in [5.74, 6) is 0. The quantitative estimate of drug-likeness (QED) is 0.791. The molecule has 0 radical (unpaired) electrons. The van der Waals surface area contributed by atoms with Crippen LogP contribution >= 0.6 is 0 Å². The normalized spacial score (nSPS) is 9.93. The molecule has 2 aromatic rings. The Labute approximate surface area is 88.2 Å². The van der Waals surface area contributed by atoms with Crippen molar-refractivity contribution < 1.29 is 0 Å². The molecule has 0 aliphatic carbocycles. The van der Waals surface area contributed by atoms with Crippen molar-refractivity contribution in [3.05, 3.63) is 48.5 Å². The third-order valence-electron chi connectivity index (χ3n) is 1.98. The molecule has 2 heterocycles. The van der Waals surface area contributed by atoms with Crippen LogP contribution < -0.4 is 11.1 Å². The number of anilines is 2. The third-order valence-corrected chi connectivity index (χ3v) is 1.98. The minimum Gasteiger partial charge on any atom is -0.354 e. The van der Waals surface area contributed by atoms with E-state index in [1.807, 2.05) is 24.3 Å². The van der Waals surface area contributed by atoms with Gasteiger partial charge in [0.2, 0.25) is 0 Å². The highest BCUT2D eigenvalue weighted by molar-refractivity contribution is 5.58. The molecule has 0 saturated carbocycles. The molecule has 0 fully saturated rings. The number of hydrogen-bond acceptors (Lipinski definition) is 4. The highest BCUT2D eigenvalue weighted by Gasteiger charge is 1.96. The average molecular weight is 200 g/mol. The van der Waals surface area contributed by atoms with Crippen molar-refractivity contribution >= 4 is 11.4 Å². The lowest BCUT2D eigenvalue weighted by Gasteiger charge is -2.06. The minimum atomic E-state index is 0.447. The summed E-state index contributed by atoms with van der Waals surface area (Å²) in [6.07, 6.45) is 5.24. The Morgan fingerprint density at radius 3 is 2.87 bits per heavy atom. The van der Waals surface area contributed by atoms with E-state index in [0.717, 1.165) is 17.1 Å². The molecule has 2 rings (SSSR count). The molecule has 15 heavy (non-hydrogen) atoms. The monoisotopic (exact) mass is 200 g/mol. The Bertz CT molecular complexity index is 428. The zero-order valence-electron chi connectivity index (χ0n) is 8.22. The van der Waals surface area contributed by atoms with E-state index in [9.17, 15) is 0 Å². The van der Waals surface area contributed by atoms with E-state index in [-0.39, 0.29) is 0 Å². The van der Waals surface area contributed by atoms with Gasteiger partial charge < -0.3 is 11.1 Å². The van der Waals surface area contributed by atoms with Gasteiger partial charge in [-0.05, 0) is 24.3 Å². The van der Waals surface area contributed by atoms with Crippen molar-refractivity contribution in [2.45, 2.75) is 6.54 Å². The Hall–Kier alpha value is -1.94. The summed E-state index contributed by atoms with van der Waals surface area (Å²) in [7, 11) is 0. The molecule has 76 valence electrons. The molecule has 2 aromatic heterocycles. The third kappa shape index (κ3) is 2.51. The van der Waals surface area contributed by atoms with Gasteiger partial charge in [-0.25, -0.2) is 0 Å².